The first-order chi connectivity index (χ1) is 14.5. The van der Waals surface area contributed by atoms with Gasteiger partial charge in [0.1, 0.15) is 5.75 Å². The molecule has 1 N–H and O–H groups in total. The standard InChI is InChI=1S/C22H23BrN4O2S/c1-4-13-27-21(17-7-11-19(29-3)12-8-17)25-26-22(27)30-14-20(28)24-15(2)16-5-9-18(23)10-6-16/h4-12,15H,1,13-14H2,2-3H3,(H,24,28). The molecule has 1 atom stereocenters. The summed E-state index contributed by atoms with van der Waals surface area (Å²) in [4.78, 5) is 12.5. The Morgan fingerprint density at radius 2 is 1.93 bits per heavy atom. The molecule has 0 aliphatic heterocycles. The van der Waals surface area contributed by atoms with E-state index in [-0.39, 0.29) is 17.7 Å². The number of methoxy groups -OCH3 is 1. The van der Waals surface area contributed by atoms with Crippen molar-refractivity contribution in [3.8, 4) is 17.1 Å². The summed E-state index contributed by atoms with van der Waals surface area (Å²) in [6.07, 6.45) is 1.79. The van der Waals surface area contributed by atoms with Crippen molar-refractivity contribution in [1.82, 2.24) is 20.1 Å². The van der Waals surface area contributed by atoms with E-state index in [4.69, 9.17) is 4.74 Å². The van der Waals surface area contributed by atoms with Crippen LogP contribution in [-0.4, -0.2) is 33.5 Å². The van der Waals surface area contributed by atoms with E-state index in [1.54, 1.807) is 13.2 Å². The number of thioether (sulfide) groups is 1. The molecule has 1 aromatic heterocycles. The summed E-state index contributed by atoms with van der Waals surface area (Å²) < 4.78 is 8.17. The van der Waals surface area contributed by atoms with E-state index in [0.717, 1.165) is 27.2 Å². The molecule has 0 fully saturated rings. The number of rotatable bonds is 9. The third kappa shape index (κ3) is 5.52. The number of hydrogen-bond donors (Lipinski definition) is 1. The minimum atomic E-state index is -0.0768. The second-order valence-corrected chi connectivity index (χ2v) is 8.42. The van der Waals surface area contributed by atoms with Gasteiger partial charge in [-0.15, -0.1) is 16.8 Å². The maximum Gasteiger partial charge on any atom is 0.230 e. The Morgan fingerprint density at radius 1 is 1.23 bits per heavy atom. The Bertz CT molecular complexity index is 1000. The molecule has 30 heavy (non-hydrogen) atoms. The fraction of sp³-hybridized carbons (Fsp3) is 0.227. The number of halogens is 1. The molecule has 1 heterocycles. The van der Waals surface area contributed by atoms with Crippen LogP contribution in [0.25, 0.3) is 11.4 Å². The lowest BCUT2D eigenvalue weighted by Gasteiger charge is -2.14. The summed E-state index contributed by atoms with van der Waals surface area (Å²) in [5.41, 5.74) is 1.97. The van der Waals surface area contributed by atoms with Crippen LogP contribution in [0.2, 0.25) is 0 Å². The van der Waals surface area contributed by atoms with Gasteiger partial charge in [0.05, 0.1) is 18.9 Å². The number of ether oxygens (including phenoxy) is 1. The second kappa shape index (κ2) is 10.4. The van der Waals surface area contributed by atoms with E-state index >= 15 is 0 Å². The Balaban J connectivity index is 1.67. The van der Waals surface area contributed by atoms with Crippen molar-refractivity contribution in [2.24, 2.45) is 0 Å². The molecule has 3 rings (SSSR count). The number of carbonyl (C=O) groups is 1. The van der Waals surface area contributed by atoms with Crippen LogP contribution in [0.5, 0.6) is 5.75 Å². The van der Waals surface area contributed by atoms with Crippen LogP contribution in [0.3, 0.4) is 0 Å². The van der Waals surface area contributed by atoms with Crippen LogP contribution in [0, 0.1) is 0 Å². The van der Waals surface area contributed by atoms with Gasteiger partial charge in [-0.1, -0.05) is 45.9 Å². The third-order valence-corrected chi connectivity index (χ3v) is 5.95. The summed E-state index contributed by atoms with van der Waals surface area (Å²) in [5, 5.41) is 12.3. The van der Waals surface area contributed by atoms with Gasteiger partial charge in [-0.3, -0.25) is 9.36 Å². The van der Waals surface area contributed by atoms with Gasteiger partial charge in [0.15, 0.2) is 11.0 Å². The molecule has 0 spiro atoms. The highest BCUT2D eigenvalue weighted by Crippen LogP contribution is 2.26. The molecule has 0 radical (unpaired) electrons. The van der Waals surface area contributed by atoms with Gasteiger partial charge >= 0.3 is 0 Å². The van der Waals surface area contributed by atoms with Crippen molar-refractivity contribution in [3.05, 3.63) is 71.2 Å². The summed E-state index contributed by atoms with van der Waals surface area (Å²) in [5.74, 6) is 1.69. The third-order valence-electron chi connectivity index (χ3n) is 4.46. The molecular weight excluding hydrogens is 464 g/mol. The fourth-order valence-electron chi connectivity index (χ4n) is 2.89. The average molecular weight is 487 g/mol. The molecule has 8 heteroatoms. The first kappa shape index (κ1) is 22.1. The molecule has 0 saturated carbocycles. The second-order valence-electron chi connectivity index (χ2n) is 6.56. The summed E-state index contributed by atoms with van der Waals surface area (Å²) in [6, 6.07) is 15.5. The maximum absolute atomic E-state index is 12.5. The number of carbonyl (C=O) groups excluding carboxylic acids is 1. The van der Waals surface area contributed by atoms with Crippen LogP contribution < -0.4 is 10.1 Å². The van der Waals surface area contributed by atoms with E-state index in [2.05, 4.69) is 38.0 Å². The first-order valence-electron chi connectivity index (χ1n) is 9.38. The minimum absolute atomic E-state index is 0.0606. The molecule has 1 unspecified atom stereocenters. The quantitative estimate of drug-likeness (QED) is 0.345. The molecule has 6 nitrogen and oxygen atoms in total. The van der Waals surface area contributed by atoms with Crippen LogP contribution >= 0.6 is 27.7 Å². The molecule has 0 aliphatic carbocycles. The predicted octanol–water partition coefficient (Wildman–Crippen LogP) is 4.87. The number of amides is 1. The smallest absolute Gasteiger partial charge is 0.230 e. The van der Waals surface area contributed by atoms with E-state index in [1.807, 2.05) is 60.0 Å². The summed E-state index contributed by atoms with van der Waals surface area (Å²) >= 11 is 4.78. The zero-order valence-corrected chi connectivity index (χ0v) is 19.2. The van der Waals surface area contributed by atoms with Crippen molar-refractivity contribution in [3.63, 3.8) is 0 Å². The normalized spacial score (nSPS) is 11.7. The van der Waals surface area contributed by atoms with Crippen molar-refractivity contribution in [2.45, 2.75) is 24.7 Å². The minimum Gasteiger partial charge on any atom is -0.497 e. The molecule has 3 aromatic rings. The van der Waals surface area contributed by atoms with Crippen molar-refractivity contribution >= 4 is 33.6 Å². The Labute approximate surface area is 188 Å². The highest BCUT2D eigenvalue weighted by molar-refractivity contribution is 9.10. The van der Waals surface area contributed by atoms with Gasteiger partial charge in [0.25, 0.3) is 0 Å². The number of aromatic nitrogens is 3. The number of nitrogens with zero attached hydrogens (tertiary/aromatic N) is 3. The zero-order valence-electron chi connectivity index (χ0n) is 16.8. The number of nitrogens with one attached hydrogen (secondary N) is 1. The van der Waals surface area contributed by atoms with E-state index in [9.17, 15) is 4.79 Å². The topological polar surface area (TPSA) is 69.0 Å². The van der Waals surface area contributed by atoms with Crippen molar-refractivity contribution < 1.29 is 9.53 Å². The van der Waals surface area contributed by atoms with Crippen LogP contribution in [-0.2, 0) is 11.3 Å². The monoisotopic (exact) mass is 486 g/mol. The Kier molecular flexibility index (Phi) is 7.70. The van der Waals surface area contributed by atoms with Gasteiger partial charge in [0.2, 0.25) is 5.91 Å². The van der Waals surface area contributed by atoms with E-state index in [1.165, 1.54) is 11.8 Å². The van der Waals surface area contributed by atoms with Gasteiger partial charge < -0.3 is 10.1 Å². The SMILES string of the molecule is C=CCn1c(SCC(=O)NC(C)c2ccc(Br)cc2)nnc1-c1ccc(OC)cc1. The van der Waals surface area contributed by atoms with E-state index < -0.39 is 0 Å². The maximum atomic E-state index is 12.5. The molecule has 1 amide bonds. The number of allylic oxidation sites excluding steroid dienone is 1. The Hall–Kier alpha value is -2.58. The zero-order chi connectivity index (χ0) is 21.5. The van der Waals surface area contributed by atoms with E-state index in [0.29, 0.717) is 11.7 Å². The predicted molar refractivity (Wildman–Crippen MR) is 124 cm³/mol. The molecule has 0 aliphatic rings. The van der Waals surface area contributed by atoms with Crippen LogP contribution in [0.1, 0.15) is 18.5 Å². The molecule has 0 bridgehead atoms. The van der Waals surface area contributed by atoms with Crippen molar-refractivity contribution in [1.29, 1.82) is 0 Å². The van der Waals surface area contributed by atoms with Gasteiger partial charge in [-0.25, -0.2) is 0 Å². The van der Waals surface area contributed by atoms with Crippen LogP contribution in [0.4, 0.5) is 0 Å². The van der Waals surface area contributed by atoms with Gasteiger partial charge in [-0.2, -0.15) is 0 Å². The number of hydrogen-bond acceptors (Lipinski definition) is 5. The van der Waals surface area contributed by atoms with Crippen molar-refractivity contribution in [2.75, 3.05) is 12.9 Å². The molecule has 2 aromatic carbocycles. The van der Waals surface area contributed by atoms with Gasteiger partial charge in [-0.05, 0) is 48.9 Å². The fourth-order valence-corrected chi connectivity index (χ4v) is 3.91. The molecular formula is C22H23BrN4O2S. The molecule has 156 valence electrons. The molecule has 0 saturated heterocycles. The average Bonchev–Trinajstić information content (AvgIpc) is 3.15. The lowest BCUT2D eigenvalue weighted by atomic mass is 10.1. The lowest BCUT2D eigenvalue weighted by Crippen LogP contribution is -2.28. The largest absolute Gasteiger partial charge is 0.497 e. The summed E-state index contributed by atoms with van der Waals surface area (Å²) in [7, 11) is 1.63. The first-order valence-corrected chi connectivity index (χ1v) is 11.2. The summed E-state index contributed by atoms with van der Waals surface area (Å²) in [6.45, 7) is 6.34. The van der Waals surface area contributed by atoms with Crippen LogP contribution in [0.15, 0.2) is 70.8 Å². The number of benzene rings is 2. The van der Waals surface area contributed by atoms with Gasteiger partial charge in [0, 0.05) is 16.6 Å². The highest BCUT2D eigenvalue weighted by atomic mass is 79.9. The Morgan fingerprint density at radius 3 is 2.57 bits per heavy atom. The highest BCUT2D eigenvalue weighted by Gasteiger charge is 2.16. The lowest BCUT2D eigenvalue weighted by molar-refractivity contribution is -0.119.